The van der Waals surface area contributed by atoms with E-state index in [-0.39, 0.29) is 11.6 Å². The van der Waals surface area contributed by atoms with Crippen LogP contribution in [0, 0.1) is 13.8 Å². The largest absolute Gasteiger partial charge is 0.497 e. The first-order chi connectivity index (χ1) is 13.5. The molecule has 0 spiro atoms. The van der Waals surface area contributed by atoms with Gasteiger partial charge in [0.05, 0.1) is 32.3 Å². The number of carbonyl (C=O) groups excluding carboxylic acids is 1. The second kappa shape index (κ2) is 8.39. The van der Waals surface area contributed by atoms with Crippen LogP contribution in [0.3, 0.4) is 0 Å². The summed E-state index contributed by atoms with van der Waals surface area (Å²) < 4.78 is 10.5. The van der Waals surface area contributed by atoms with Gasteiger partial charge in [0.2, 0.25) is 0 Å². The molecule has 0 bridgehead atoms. The number of aromatic nitrogens is 2. The van der Waals surface area contributed by atoms with Crippen molar-refractivity contribution in [2.75, 3.05) is 24.9 Å². The zero-order valence-electron chi connectivity index (χ0n) is 16.2. The Bertz CT molecular complexity index is 967. The molecule has 0 aliphatic carbocycles. The fourth-order valence-electron chi connectivity index (χ4n) is 2.79. The van der Waals surface area contributed by atoms with Crippen LogP contribution in [0.25, 0.3) is 0 Å². The molecule has 28 heavy (non-hydrogen) atoms. The minimum absolute atomic E-state index is 0.228. The van der Waals surface area contributed by atoms with Gasteiger partial charge in [0, 0.05) is 11.8 Å². The number of ether oxygens (including phenoxy) is 2. The van der Waals surface area contributed by atoms with Gasteiger partial charge < -0.3 is 20.1 Å². The van der Waals surface area contributed by atoms with Crippen molar-refractivity contribution in [3.05, 3.63) is 65.6 Å². The molecule has 0 aliphatic heterocycles. The molecule has 1 aromatic heterocycles. The summed E-state index contributed by atoms with van der Waals surface area (Å²) in [7, 11) is 3.17. The van der Waals surface area contributed by atoms with Crippen LogP contribution in [0.5, 0.6) is 11.5 Å². The van der Waals surface area contributed by atoms with Gasteiger partial charge in [-0.25, -0.2) is 9.97 Å². The highest BCUT2D eigenvalue weighted by molar-refractivity contribution is 6.02. The highest BCUT2D eigenvalue weighted by atomic mass is 16.5. The molecule has 0 radical (unpaired) electrons. The number of nitrogens with zero attached hydrogens (tertiary/aromatic N) is 2. The van der Waals surface area contributed by atoms with E-state index in [1.165, 1.54) is 12.4 Å². The zero-order chi connectivity index (χ0) is 20.1. The molecule has 1 amide bonds. The maximum Gasteiger partial charge on any atom is 0.275 e. The smallest absolute Gasteiger partial charge is 0.275 e. The molecule has 2 N–H and O–H groups in total. The van der Waals surface area contributed by atoms with Gasteiger partial charge in [-0.15, -0.1) is 0 Å². The third-order valence-electron chi connectivity index (χ3n) is 4.04. The number of amides is 1. The number of aryl methyl sites for hydroxylation is 2. The molecule has 0 atom stereocenters. The Kier molecular flexibility index (Phi) is 5.74. The Morgan fingerprint density at radius 2 is 1.68 bits per heavy atom. The molecule has 0 saturated carbocycles. The van der Waals surface area contributed by atoms with E-state index in [9.17, 15) is 4.79 Å². The van der Waals surface area contributed by atoms with Crippen molar-refractivity contribution >= 4 is 23.1 Å². The van der Waals surface area contributed by atoms with E-state index in [4.69, 9.17) is 9.47 Å². The number of anilines is 3. The quantitative estimate of drug-likeness (QED) is 0.671. The van der Waals surface area contributed by atoms with Crippen molar-refractivity contribution in [3.63, 3.8) is 0 Å². The Morgan fingerprint density at radius 1 is 0.929 bits per heavy atom. The summed E-state index contributed by atoms with van der Waals surface area (Å²) >= 11 is 0. The second-order valence-electron chi connectivity index (χ2n) is 6.31. The van der Waals surface area contributed by atoms with Crippen LogP contribution >= 0.6 is 0 Å². The molecule has 144 valence electrons. The SMILES string of the molecule is COc1ccc(Nc2cnc(C(=O)Nc3cc(C)cc(C)c3)cn2)c(OC)c1. The normalized spacial score (nSPS) is 10.3. The van der Waals surface area contributed by atoms with E-state index in [0.29, 0.717) is 23.0 Å². The molecule has 3 aromatic rings. The fraction of sp³-hybridized carbons (Fsp3) is 0.190. The van der Waals surface area contributed by atoms with E-state index < -0.39 is 0 Å². The van der Waals surface area contributed by atoms with E-state index >= 15 is 0 Å². The summed E-state index contributed by atoms with van der Waals surface area (Å²) in [4.78, 5) is 20.9. The summed E-state index contributed by atoms with van der Waals surface area (Å²) in [5, 5.41) is 5.96. The lowest BCUT2D eigenvalue weighted by Crippen LogP contribution is -2.14. The maximum atomic E-state index is 12.4. The first kappa shape index (κ1) is 19.2. The molecule has 7 nitrogen and oxygen atoms in total. The minimum atomic E-state index is -0.314. The molecule has 0 saturated heterocycles. The minimum Gasteiger partial charge on any atom is -0.497 e. The Labute approximate surface area is 163 Å². The number of benzene rings is 2. The van der Waals surface area contributed by atoms with Crippen molar-refractivity contribution in [1.29, 1.82) is 0 Å². The molecule has 0 aliphatic rings. The van der Waals surface area contributed by atoms with Gasteiger partial charge >= 0.3 is 0 Å². The Balaban J connectivity index is 1.72. The topological polar surface area (TPSA) is 85.4 Å². The first-order valence-corrected chi connectivity index (χ1v) is 8.69. The average Bonchev–Trinajstić information content (AvgIpc) is 2.68. The highest BCUT2D eigenvalue weighted by Gasteiger charge is 2.11. The van der Waals surface area contributed by atoms with Gasteiger partial charge in [0.25, 0.3) is 5.91 Å². The maximum absolute atomic E-state index is 12.4. The summed E-state index contributed by atoms with van der Waals surface area (Å²) in [6, 6.07) is 11.3. The third-order valence-corrected chi connectivity index (χ3v) is 4.04. The zero-order valence-corrected chi connectivity index (χ0v) is 16.2. The first-order valence-electron chi connectivity index (χ1n) is 8.69. The molecular formula is C21H22N4O3. The Morgan fingerprint density at radius 3 is 2.29 bits per heavy atom. The van der Waals surface area contributed by atoms with Crippen LogP contribution in [0.1, 0.15) is 21.6 Å². The molecule has 2 aromatic carbocycles. The van der Waals surface area contributed by atoms with Crippen molar-refractivity contribution in [1.82, 2.24) is 9.97 Å². The lowest BCUT2D eigenvalue weighted by molar-refractivity contribution is 0.102. The third kappa shape index (κ3) is 4.56. The number of hydrogen-bond acceptors (Lipinski definition) is 6. The number of methoxy groups -OCH3 is 2. The average molecular weight is 378 g/mol. The molecule has 0 unspecified atom stereocenters. The van der Waals surface area contributed by atoms with Gasteiger partial charge in [-0.2, -0.15) is 0 Å². The lowest BCUT2D eigenvalue weighted by Gasteiger charge is -2.12. The van der Waals surface area contributed by atoms with Crippen molar-refractivity contribution in [2.24, 2.45) is 0 Å². The molecular weight excluding hydrogens is 356 g/mol. The molecule has 1 heterocycles. The monoisotopic (exact) mass is 378 g/mol. The van der Waals surface area contributed by atoms with Gasteiger partial charge in [0.1, 0.15) is 23.0 Å². The fourth-order valence-corrected chi connectivity index (χ4v) is 2.79. The van der Waals surface area contributed by atoms with E-state index in [1.54, 1.807) is 20.3 Å². The van der Waals surface area contributed by atoms with Gasteiger partial charge in [-0.1, -0.05) is 6.07 Å². The van der Waals surface area contributed by atoms with Crippen molar-refractivity contribution in [3.8, 4) is 11.5 Å². The summed E-state index contributed by atoms with van der Waals surface area (Å²) in [6.07, 6.45) is 2.93. The molecule has 3 rings (SSSR count). The van der Waals surface area contributed by atoms with E-state index in [0.717, 1.165) is 16.8 Å². The standard InChI is InChI=1S/C21H22N4O3/c1-13-7-14(2)9-15(8-13)24-21(26)18-11-23-20(12-22-18)25-17-6-5-16(27-3)10-19(17)28-4/h5-12H,1-4H3,(H,23,25)(H,24,26). The summed E-state index contributed by atoms with van der Waals surface area (Å²) in [6.45, 7) is 3.97. The number of nitrogens with one attached hydrogen (secondary N) is 2. The predicted molar refractivity (Wildman–Crippen MR) is 109 cm³/mol. The van der Waals surface area contributed by atoms with Gasteiger partial charge in [-0.05, 0) is 49.2 Å². The van der Waals surface area contributed by atoms with E-state index in [1.807, 2.05) is 44.2 Å². The summed E-state index contributed by atoms with van der Waals surface area (Å²) in [5.41, 5.74) is 3.83. The second-order valence-corrected chi connectivity index (χ2v) is 6.31. The van der Waals surface area contributed by atoms with Crippen molar-refractivity contribution < 1.29 is 14.3 Å². The van der Waals surface area contributed by atoms with E-state index in [2.05, 4.69) is 20.6 Å². The van der Waals surface area contributed by atoms with Crippen molar-refractivity contribution in [2.45, 2.75) is 13.8 Å². The number of rotatable bonds is 6. The van der Waals surface area contributed by atoms with Crippen LogP contribution in [-0.2, 0) is 0 Å². The van der Waals surface area contributed by atoms with Gasteiger partial charge in [0.15, 0.2) is 0 Å². The Hall–Kier alpha value is -3.61. The van der Waals surface area contributed by atoms with Crippen LogP contribution in [0.4, 0.5) is 17.2 Å². The van der Waals surface area contributed by atoms with Crippen LogP contribution in [0.15, 0.2) is 48.8 Å². The highest BCUT2D eigenvalue weighted by Crippen LogP contribution is 2.30. The summed E-state index contributed by atoms with van der Waals surface area (Å²) in [5.74, 6) is 1.47. The number of hydrogen-bond donors (Lipinski definition) is 2. The predicted octanol–water partition coefficient (Wildman–Crippen LogP) is 4.11. The van der Waals surface area contributed by atoms with Crippen LogP contribution in [0.2, 0.25) is 0 Å². The number of carbonyl (C=O) groups is 1. The lowest BCUT2D eigenvalue weighted by atomic mass is 10.1. The van der Waals surface area contributed by atoms with Crippen LogP contribution in [-0.4, -0.2) is 30.1 Å². The molecule has 7 heteroatoms. The van der Waals surface area contributed by atoms with Gasteiger partial charge in [-0.3, -0.25) is 4.79 Å². The molecule has 0 fully saturated rings. The van der Waals surface area contributed by atoms with Crippen LogP contribution < -0.4 is 20.1 Å².